The van der Waals surface area contributed by atoms with Crippen LogP contribution in [-0.2, 0) is 0 Å². The minimum atomic E-state index is -0.776. The van der Waals surface area contributed by atoms with Gasteiger partial charge in [-0.05, 0) is 12.1 Å². The van der Waals surface area contributed by atoms with Gasteiger partial charge >= 0.3 is 0 Å². The predicted octanol–water partition coefficient (Wildman–Crippen LogP) is -0.901. The van der Waals surface area contributed by atoms with Crippen LogP contribution in [0.5, 0.6) is 0 Å². The third kappa shape index (κ3) is 1.29. The first-order valence-electron chi connectivity index (χ1n) is 5.35. The van der Waals surface area contributed by atoms with Crippen LogP contribution >= 0.6 is 0 Å². The van der Waals surface area contributed by atoms with Gasteiger partial charge in [0.1, 0.15) is 0 Å². The second-order valence-electron chi connectivity index (χ2n) is 4.19. The number of rotatable bonds is 0. The molecule has 0 fully saturated rings. The molecule has 0 amide bonds. The van der Waals surface area contributed by atoms with Crippen LogP contribution in [0.3, 0.4) is 0 Å². The third-order valence-corrected chi connectivity index (χ3v) is 3.06. The number of nitrogens with zero attached hydrogens (tertiary/aromatic N) is 1. The van der Waals surface area contributed by atoms with E-state index in [9.17, 15) is 24.0 Å². The molecule has 19 heavy (non-hydrogen) atoms. The number of aromatic amines is 1. The first-order chi connectivity index (χ1) is 8.91. The number of hydrogen-bond acceptors (Lipinski definition) is 5. The molecular formula is C12H6N2O5. The summed E-state index contributed by atoms with van der Waals surface area (Å²) in [6.45, 7) is 1.09. The highest BCUT2D eigenvalue weighted by molar-refractivity contribution is 5.99. The molecular weight excluding hydrogens is 252 g/mol. The molecule has 0 aliphatic heterocycles. The van der Waals surface area contributed by atoms with Crippen molar-refractivity contribution in [3.05, 3.63) is 53.5 Å². The average molecular weight is 258 g/mol. The Morgan fingerprint density at radius 3 is 1.68 bits per heavy atom. The highest BCUT2D eigenvalue weighted by Crippen LogP contribution is 2.13. The minimum Gasteiger partial charge on any atom is -0.288 e. The smallest absolute Gasteiger partial charge is 0.268 e. The third-order valence-electron chi connectivity index (χ3n) is 3.06. The normalized spacial score (nSPS) is 11.4. The molecule has 1 N–H and O–H groups in total. The average Bonchev–Trinajstić information content (AvgIpc) is 2.75. The summed E-state index contributed by atoms with van der Waals surface area (Å²) in [6, 6.07) is 2.35. The standard InChI is InChI=1S/C12H6N2O5/c1-4(15)14-11(18)7-2-5-6(3-8(7)12(14)19)10(17)13-9(5)16/h2-3H,1H3,(H,13,16,17). The zero-order valence-corrected chi connectivity index (χ0v) is 9.64. The van der Waals surface area contributed by atoms with E-state index in [2.05, 4.69) is 4.98 Å². The van der Waals surface area contributed by atoms with Crippen molar-refractivity contribution >= 4 is 27.5 Å². The molecule has 7 heteroatoms. The maximum atomic E-state index is 11.9. The molecule has 2 aromatic heterocycles. The van der Waals surface area contributed by atoms with Gasteiger partial charge < -0.3 is 0 Å². The lowest BCUT2D eigenvalue weighted by atomic mass is 10.1. The summed E-state index contributed by atoms with van der Waals surface area (Å²) in [4.78, 5) is 60.1. The molecule has 3 rings (SSSR count). The molecule has 0 spiro atoms. The van der Waals surface area contributed by atoms with Crippen molar-refractivity contribution in [3.63, 3.8) is 0 Å². The SMILES string of the molecule is CC(=O)n1c(=O)c2cc3c(=O)[nH]c(=O)c3cc2c1=O. The van der Waals surface area contributed by atoms with Crippen LogP contribution in [0, 0.1) is 0 Å². The van der Waals surface area contributed by atoms with Gasteiger partial charge in [0.15, 0.2) is 0 Å². The van der Waals surface area contributed by atoms with Gasteiger partial charge in [-0.3, -0.25) is 29.0 Å². The largest absolute Gasteiger partial charge is 0.288 e. The fraction of sp³-hybridized carbons (Fsp3) is 0.0833. The summed E-state index contributed by atoms with van der Waals surface area (Å²) >= 11 is 0. The number of carbonyl (C=O) groups excluding carboxylic acids is 1. The van der Waals surface area contributed by atoms with Crippen LogP contribution < -0.4 is 22.2 Å². The Morgan fingerprint density at radius 1 is 0.895 bits per heavy atom. The van der Waals surface area contributed by atoms with E-state index in [1.807, 2.05) is 0 Å². The molecule has 94 valence electrons. The molecule has 0 radical (unpaired) electrons. The lowest BCUT2D eigenvalue weighted by Crippen LogP contribution is -2.29. The van der Waals surface area contributed by atoms with Crippen LogP contribution in [0.15, 0.2) is 31.3 Å². The second kappa shape index (κ2) is 3.35. The van der Waals surface area contributed by atoms with Crippen molar-refractivity contribution in [3.8, 4) is 0 Å². The minimum absolute atomic E-state index is 0.0373. The lowest BCUT2D eigenvalue weighted by molar-refractivity contribution is 0.0930. The van der Waals surface area contributed by atoms with E-state index < -0.39 is 28.1 Å². The van der Waals surface area contributed by atoms with Crippen LogP contribution in [0.1, 0.15) is 11.7 Å². The van der Waals surface area contributed by atoms with E-state index in [0.717, 1.165) is 6.92 Å². The Hall–Kier alpha value is -2.83. The molecule has 0 aliphatic rings. The Balaban J connectivity index is 2.70. The van der Waals surface area contributed by atoms with E-state index in [1.54, 1.807) is 0 Å². The van der Waals surface area contributed by atoms with E-state index >= 15 is 0 Å². The number of fused-ring (bicyclic) bond motifs is 2. The predicted molar refractivity (Wildman–Crippen MR) is 67.5 cm³/mol. The summed E-state index contributed by atoms with van der Waals surface area (Å²) in [5.74, 6) is -0.706. The molecule has 0 saturated carbocycles. The summed E-state index contributed by atoms with van der Waals surface area (Å²) < 4.78 is 0.488. The molecule has 0 bridgehead atoms. The maximum absolute atomic E-state index is 11.9. The molecule has 1 aromatic carbocycles. The van der Waals surface area contributed by atoms with E-state index in [1.165, 1.54) is 12.1 Å². The van der Waals surface area contributed by atoms with Gasteiger partial charge in [-0.1, -0.05) is 0 Å². The number of carbonyl (C=O) groups is 1. The molecule has 0 unspecified atom stereocenters. The van der Waals surface area contributed by atoms with Gasteiger partial charge in [0.05, 0.1) is 21.5 Å². The van der Waals surface area contributed by atoms with Gasteiger partial charge in [0, 0.05) is 6.92 Å². The first-order valence-corrected chi connectivity index (χ1v) is 5.35. The van der Waals surface area contributed by atoms with Crippen LogP contribution in [-0.4, -0.2) is 15.5 Å². The van der Waals surface area contributed by atoms with Crippen LogP contribution in [0.4, 0.5) is 0 Å². The molecule has 0 aliphatic carbocycles. The monoisotopic (exact) mass is 258 g/mol. The number of aromatic nitrogens is 2. The highest BCUT2D eigenvalue weighted by Gasteiger charge is 2.18. The summed E-state index contributed by atoms with van der Waals surface area (Å²) in [6.07, 6.45) is 0. The van der Waals surface area contributed by atoms with Crippen molar-refractivity contribution in [2.75, 3.05) is 0 Å². The van der Waals surface area contributed by atoms with Gasteiger partial charge in [-0.2, -0.15) is 0 Å². The van der Waals surface area contributed by atoms with E-state index in [-0.39, 0.29) is 21.5 Å². The summed E-state index contributed by atoms with van der Waals surface area (Å²) in [5, 5.41) is -0.00166. The van der Waals surface area contributed by atoms with Gasteiger partial charge in [0.25, 0.3) is 22.2 Å². The number of H-pyrrole nitrogens is 1. The zero-order chi connectivity index (χ0) is 13.9. The number of benzene rings is 1. The van der Waals surface area contributed by atoms with E-state index in [4.69, 9.17) is 0 Å². The van der Waals surface area contributed by atoms with Crippen LogP contribution in [0.2, 0.25) is 0 Å². The molecule has 0 saturated heterocycles. The number of nitrogens with one attached hydrogen (secondary N) is 1. The molecule has 7 nitrogen and oxygen atoms in total. The summed E-state index contributed by atoms with van der Waals surface area (Å²) in [5.41, 5.74) is -2.79. The fourth-order valence-corrected chi connectivity index (χ4v) is 2.19. The Bertz CT molecular complexity index is 984. The lowest BCUT2D eigenvalue weighted by Gasteiger charge is -1.87. The van der Waals surface area contributed by atoms with Crippen molar-refractivity contribution in [1.29, 1.82) is 0 Å². The maximum Gasteiger partial charge on any atom is 0.268 e. The van der Waals surface area contributed by atoms with Crippen molar-refractivity contribution in [2.24, 2.45) is 0 Å². The second-order valence-corrected chi connectivity index (χ2v) is 4.19. The fourth-order valence-electron chi connectivity index (χ4n) is 2.19. The van der Waals surface area contributed by atoms with Crippen molar-refractivity contribution in [2.45, 2.75) is 6.92 Å². The molecule has 2 heterocycles. The van der Waals surface area contributed by atoms with E-state index in [0.29, 0.717) is 4.57 Å². The Kier molecular flexibility index (Phi) is 1.99. The molecule has 0 atom stereocenters. The van der Waals surface area contributed by atoms with Crippen molar-refractivity contribution < 1.29 is 4.79 Å². The quantitative estimate of drug-likeness (QED) is 0.562. The zero-order valence-electron chi connectivity index (χ0n) is 9.64. The molecule has 3 aromatic rings. The van der Waals surface area contributed by atoms with Crippen LogP contribution in [0.25, 0.3) is 21.5 Å². The first kappa shape index (κ1) is 11.3. The Labute approximate surface area is 103 Å². The Morgan fingerprint density at radius 2 is 1.32 bits per heavy atom. The van der Waals surface area contributed by atoms with Gasteiger partial charge in [0.2, 0.25) is 5.91 Å². The highest BCUT2D eigenvalue weighted by atomic mass is 16.2. The number of hydrogen-bond donors (Lipinski definition) is 1. The topological polar surface area (TPSA) is 106 Å². The van der Waals surface area contributed by atoms with Gasteiger partial charge in [-0.25, -0.2) is 4.57 Å². The van der Waals surface area contributed by atoms with Gasteiger partial charge in [-0.15, -0.1) is 0 Å². The summed E-state index contributed by atoms with van der Waals surface area (Å²) in [7, 11) is 0. The van der Waals surface area contributed by atoms with Crippen molar-refractivity contribution in [1.82, 2.24) is 9.55 Å².